The number of amides is 1. The van der Waals surface area contributed by atoms with Crippen LogP contribution in [0.4, 0.5) is 10.1 Å². The lowest BCUT2D eigenvalue weighted by atomic mass is 10.2. The van der Waals surface area contributed by atoms with Gasteiger partial charge in [0.15, 0.2) is 6.61 Å². The Balaban J connectivity index is 1.91. The van der Waals surface area contributed by atoms with Crippen LogP contribution in [-0.2, 0) is 4.79 Å². The first-order chi connectivity index (χ1) is 10.1. The van der Waals surface area contributed by atoms with E-state index in [1.807, 2.05) is 19.1 Å². The molecule has 2 aromatic carbocycles. The van der Waals surface area contributed by atoms with Crippen LogP contribution in [-0.4, -0.2) is 12.5 Å². The second-order valence-electron chi connectivity index (χ2n) is 4.46. The molecule has 0 fully saturated rings. The maximum absolute atomic E-state index is 13.4. The number of rotatable bonds is 4. The lowest BCUT2D eigenvalue weighted by Gasteiger charge is -2.08. The zero-order valence-corrected chi connectivity index (χ0v) is 11.4. The molecule has 4 nitrogen and oxygen atoms in total. The predicted octanol–water partition coefficient (Wildman–Crippen LogP) is 3.02. The Hall–Kier alpha value is -2.87. The van der Waals surface area contributed by atoms with Gasteiger partial charge in [-0.1, -0.05) is 17.7 Å². The van der Waals surface area contributed by atoms with Crippen molar-refractivity contribution >= 4 is 11.6 Å². The number of hydrogen-bond acceptors (Lipinski definition) is 3. The number of aryl methyl sites for hydroxylation is 1. The third-order valence-corrected chi connectivity index (χ3v) is 2.77. The molecular formula is C16H13FN2O2. The lowest BCUT2D eigenvalue weighted by molar-refractivity contribution is -0.118. The molecule has 2 aromatic rings. The minimum Gasteiger partial charge on any atom is -0.484 e. The van der Waals surface area contributed by atoms with Crippen molar-refractivity contribution in [2.75, 3.05) is 11.9 Å². The number of nitriles is 1. The first-order valence-corrected chi connectivity index (χ1v) is 6.27. The third-order valence-electron chi connectivity index (χ3n) is 2.77. The van der Waals surface area contributed by atoms with E-state index in [-0.39, 0.29) is 23.8 Å². The summed E-state index contributed by atoms with van der Waals surface area (Å²) in [4.78, 5) is 11.7. The van der Waals surface area contributed by atoms with Crippen LogP contribution in [0, 0.1) is 24.1 Å². The number of carbonyl (C=O) groups excluding carboxylic acids is 1. The highest BCUT2D eigenvalue weighted by Crippen LogP contribution is 2.16. The van der Waals surface area contributed by atoms with Crippen LogP contribution in [0.25, 0.3) is 0 Å². The van der Waals surface area contributed by atoms with Gasteiger partial charge in [0.05, 0.1) is 5.56 Å². The van der Waals surface area contributed by atoms with E-state index in [4.69, 9.17) is 10.00 Å². The number of hydrogen-bond donors (Lipinski definition) is 1. The molecule has 1 amide bonds. The SMILES string of the molecule is Cc1ccc(NC(=O)COc2ccc(C#N)c(F)c2)cc1. The summed E-state index contributed by atoms with van der Waals surface area (Å²) >= 11 is 0. The number of carbonyl (C=O) groups is 1. The quantitative estimate of drug-likeness (QED) is 0.938. The van der Waals surface area contributed by atoms with Crippen molar-refractivity contribution in [1.29, 1.82) is 5.26 Å². The highest BCUT2D eigenvalue weighted by molar-refractivity contribution is 5.91. The number of ether oxygens (including phenoxy) is 1. The fourth-order valence-corrected chi connectivity index (χ4v) is 1.66. The van der Waals surface area contributed by atoms with Crippen LogP contribution >= 0.6 is 0 Å². The van der Waals surface area contributed by atoms with Crippen LogP contribution in [0.15, 0.2) is 42.5 Å². The van der Waals surface area contributed by atoms with Gasteiger partial charge < -0.3 is 10.1 Å². The maximum atomic E-state index is 13.4. The van der Waals surface area contributed by atoms with Gasteiger partial charge in [-0.05, 0) is 31.2 Å². The van der Waals surface area contributed by atoms with Crippen LogP contribution < -0.4 is 10.1 Å². The van der Waals surface area contributed by atoms with E-state index in [1.165, 1.54) is 12.1 Å². The van der Waals surface area contributed by atoms with Crippen LogP contribution in [0.2, 0.25) is 0 Å². The number of nitrogens with zero attached hydrogens (tertiary/aromatic N) is 1. The minimum atomic E-state index is -0.672. The fourth-order valence-electron chi connectivity index (χ4n) is 1.66. The summed E-state index contributed by atoms with van der Waals surface area (Å²) in [5, 5.41) is 11.3. The zero-order valence-electron chi connectivity index (χ0n) is 11.4. The van der Waals surface area contributed by atoms with Gasteiger partial charge in [-0.25, -0.2) is 4.39 Å². The predicted molar refractivity (Wildman–Crippen MR) is 76.4 cm³/mol. The molecule has 0 spiro atoms. The number of nitrogens with one attached hydrogen (secondary N) is 1. The molecule has 0 radical (unpaired) electrons. The molecular weight excluding hydrogens is 271 g/mol. The van der Waals surface area contributed by atoms with Crippen molar-refractivity contribution in [1.82, 2.24) is 0 Å². The van der Waals surface area contributed by atoms with Crippen molar-refractivity contribution in [3.8, 4) is 11.8 Å². The molecule has 1 N–H and O–H groups in total. The third kappa shape index (κ3) is 4.05. The molecule has 0 aliphatic carbocycles. The average Bonchev–Trinajstić information content (AvgIpc) is 2.48. The molecule has 0 saturated heterocycles. The monoisotopic (exact) mass is 284 g/mol. The molecule has 0 heterocycles. The summed E-state index contributed by atoms with van der Waals surface area (Å²) < 4.78 is 18.5. The van der Waals surface area contributed by atoms with Gasteiger partial charge in [0.1, 0.15) is 17.6 Å². The van der Waals surface area contributed by atoms with E-state index >= 15 is 0 Å². The highest BCUT2D eigenvalue weighted by Gasteiger charge is 2.06. The Kier molecular flexibility index (Phi) is 4.52. The molecule has 0 saturated carbocycles. The molecule has 2 rings (SSSR count). The molecule has 0 aliphatic rings. The number of halogens is 1. The molecule has 0 bridgehead atoms. The van der Waals surface area contributed by atoms with E-state index in [1.54, 1.807) is 18.2 Å². The number of anilines is 1. The summed E-state index contributed by atoms with van der Waals surface area (Å²) in [5.74, 6) is -0.817. The Morgan fingerprint density at radius 2 is 2.00 bits per heavy atom. The van der Waals surface area contributed by atoms with E-state index in [2.05, 4.69) is 5.32 Å². The summed E-state index contributed by atoms with van der Waals surface area (Å²) in [5.41, 5.74) is 1.70. The smallest absolute Gasteiger partial charge is 0.262 e. The molecule has 5 heteroatoms. The summed E-state index contributed by atoms with van der Waals surface area (Å²) in [6.45, 7) is 1.72. The number of benzene rings is 2. The maximum Gasteiger partial charge on any atom is 0.262 e. The Bertz CT molecular complexity index is 690. The van der Waals surface area contributed by atoms with Crippen molar-refractivity contribution in [2.45, 2.75) is 6.92 Å². The van der Waals surface area contributed by atoms with Crippen molar-refractivity contribution in [3.05, 3.63) is 59.4 Å². The lowest BCUT2D eigenvalue weighted by Crippen LogP contribution is -2.20. The average molecular weight is 284 g/mol. The van der Waals surface area contributed by atoms with Gasteiger partial charge in [0.2, 0.25) is 0 Å². The standard InChI is InChI=1S/C16H13FN2O2/c1-11-2-5-13(6-3-11)19-16(20)10-21-14-7-4-12(9-18)15(17)8-14/h2-8H,10H2,1H3,(H,19,20). The fraction of sp³-hybridized carbons (Fsp3) is 0.125. The van der Waals surface area contributed by atoms with E-state index in [0.29, 0.717) is 5.69 Å². The molecule has 21 heavy (non-hydrogen) atoms. The van der Waals surface area contributed by atoms with E-state index in [0.717, 1.165) is 11.6 Å². The van der Waals surface area contributed by atoms with Gasteiger partial charge in [-0.3, -0.25) is 4.79 Å². The van der Waals surface area contributed by atoms with Gasteiger partial charge in [0, 0.05) is 11.8 Å². The van der Waals surface area contributed by atoms with Gasteiger partial charge in [-0.15, -0.1) is 0 Å². The van der Waals surface area contributed by atoms with Crippen molar-refractivity contribution < 1.29 is 13.9 Å². The molecule has 0 unspecified atom stereocenters. The highest BCUT2D eigenvalue weighted by atomic mass is 19.1. The summed E-state index contributed by atoms with van der Waals surface area (Å²) in [6, 6.07) is 12.9. The van der Waals surface area contributed by atoms with Gasteiger partial charge in [0.25, 0.3) is 5.91 Å². The van der Waals surface area contributed by atoms with Gasteiger partial charge in [-0.2, -0.15) is 5.26 Å². The first kappa shape index (κ1) is 14.5. The van der Waals surface area contributed by atoms with Crippen LogP contribution in [0.1, 0.15) is 11.1 Å². The van der Waals surface area contributed by atoms with Crippen molar-refractivity contribution in [2.24, 2.45) is 0 Å². The summed E-state index contributed by atoms with van der Waals surface area (Å²) in [7, 11) is 0. The van der Waals surface area contributed by atoms with Crippen LogP contribution in [0.5, 0.6) is 5.75 Å². The molecule has 0 atom stereocenters. The Morgan fingerprint density at radius 1 is 1.29 bits per heavy atom. The van der Waals surface area contributed by atoms with Crippen LogP contribution in [0.3, 0.4) is 0 Å². The Labute approximate surface area is 121 Å². The Morgan fingerprint density at radius 3 is 2.62 bits per heavy atom. The molecule has 0 aliphatic heterocycles. The van der Waals surface area contributed by atoms with Gasteiger partial charge >= 0.3 is 0 Å². The summed E-state index contributed by atoms with van der Waals surface area (Å²) in [6.07, 6.45) is 0. The first-order valence-electron chi connectivity index (χ1n) is 6.27. The second-order valence-corrected chi connectivity index (χ2v) is 4.46. The normalized spacial score (nSPS) is 9.76. The second kappa shape index (κ2) is 6.53. The van der Waals surface area contributed by atoms with E-state index < -0.39 is 5.82 Å². The molecule has 106 valence electrons. The van der Waals surface area contributed by atoms with Crippen molar-refractivity contribution in [3.63, 3.8) is 0 Å². The van der Waals surface area contributed by atoms with E-state index in [9.17, 15) is 9.18 Å². The molecule has 0 aromatic heterocycles. The topological polar surface area (TPSA) is 62.1 Å². The largest absolute Gasteiger partial charge is 0.484 e. The zero-order chi connectivity index (χ0) is 15.2. The minimum absolute atomic E-state index is 0.0635.